The fourth-order valence-corrected chi connectivity index (χ4v) is 4.54. The number of para-hydroxylation sites is 1. The lowest BCUT2D eigenvalue weighted by Gasteiger charge is -2.06. The quantitative estimate of drug-likeness (QED) is 0.434. The van der Waals surface area contributed by atoms with Crippen molar-refractivity contribution in [3.63, 3.8) is 0 Å². The molecule has 2 aromatic carbocycles. The third kappa shape index (κ3) is 3.80. The Balaban J connectivity index is 1.24. The van der Waals surface area contributed by atoms with Gasteiger partial charge in [-0.15, -0.1) is 10.2 Å². The van der Waals surface area contributed by atoms with Gasteiger partial charge in [0.25, 0.3) is 0 Å². The third-order valence-corrected chi connectivity index (χ3v) is 6.48. The lowest BCUT2D eigenvalue weighted by atomic mass is 10.1. The Morgan fingerprint density at radius 1 is 1.16 bits per heavy atom. The predicted molar refractivity (Wildman–Crippen MR) is 123 cm³/mol. The van der Waals surface area contributed by atoms with Crippen molar-refractivity contribution in [2.45, 2.75) is 25.2 Å². The van der Waals surface area contributed by atoms with E-state index in [1.54, 1.807) is 0 Å². The third-order valence-electron chi connectivity index (χ3n) is 5.46. The van der Waals surface area contributed by atoms with Gasteiger partial charge in [0.05, 0.1) is 5.75 Å². The predicted octanol–water partition coefficient (Wildman–Crippen LogP) is 3.59. The molecule has 164 valence electrons. The van der Waals surface area contributed by atoms with Crippen LogP contribution in [0.3, 0.4) is 0 Å². The van der Waals surface area contributed by atoms with Crippen LogP contribution < -0.4 is 14.8 Å². The molecule has 0 saturated heterocycles. The lowest BCUT2D eigenvalue weighted by Crippen LogP contribution is -2.24. The molecule has 3 heterocycles. The molecular weight excluding hydrogens is 426 g/mol. The molecule has 0 radical (unpaired) electrons. The normalized spacial score (nSPS) is 12.4. The molecule has 1 N–H and O–H groups in total. The summed E-state index contributed by atoms with van der Waals surface area (Å²) in [6, 6.07) is 13.9. The number of hydrogen-bond acceptors (Lipinski definition) is 6. The molecule has 9 heteroatoms. The van der Waals surface area contributed by atoms with E-state index < -0.39 is 0 Å². The van der Waals surface area contributed by atoms with E-state index in [1.807, 2.05) is 41.9 Å². The van der Waals surface area contributed by atoms with Crippen LogP contribution in [-0.4, -0.2) is 37.8 Å². The summed E-state index contributed by atoms with van der Waals surface area (Å²) < 4.78 is 14.8. The number of carbonyl (C=O) groups is 1. The van der Waals surface area contributed by atoms with Gasteiger partial charge in [-0.1, -0.05) is 36.0 Å². The number of aryl methyl sites for hydroxylation is 1. The molecule has 0 atom stereocenters. The zero-order chi connectivity index (χ0) is 22.1. The maximum Gasteiger partial charge on any atom is 0.231 e. The average Bonchev–Trinajstić information content (AvgIpc) is 3.52. The summed E-state index contributed by atoms with van der Waals surface area (Å²) in [5, 5.41) is 13.5. The van der Waals surface area contributed by atoms with Gasteiger partial charge in [-0.3, -0.25) is 4.79 Å². The number of nitrogens with zero attached hydrogens (tertiary/aromatic N) is 4. The van der Waals surface area contributed by atoms with Crippen LogP contribution in [0, 0.1) is 0 Å². The van der Waals surface area contributed by atoms with Crippen LogP contribution in [0.15, 0.2) is 53.8 Å². The summed E-state index contributed by atoms with van der Waals surface area (Å²) in [4.78, 5) is 12.4. The van der Waals surface area contributed by atoms with Crippen LogP contribution >= 0.6 is 11.8 Å². The summed E-state index contributed by atoms with van der Waals surface area (Å²) in [6.45, 7) is 3.66. The van der Waals surface area contributed by atoms with Crippen molar-refractivity contribution in [1.29, 1.82) is 0 Å². The van der Waals surface area contributed by atoms with Gasteiger partial charge in [-0.05, 0) is 30.7 Å². The molecule has 0 saturated carbocycles. The number of fused-ring (bicyclic) bond motifs is 2. The van der Waals surface area contributed by atoms with E-state index in [-0.39, 0.29) is 18.5 Å². The van der Waals surface area contributed by atoms with Gasteiger partial charge in [0.1, 0.15) is 0 Å². The number of nitrogens with one attached hydrogen (secondary N) is 1. The first-order valence-electron chi connectivity index (χ1n) is 10.4. The molecule has 2 aromatic heterocycles. The largest absolute Gasteiger partial charge is 0.454 e. The van der Waals surface area contributed by atoms with Crippen molar-refractivity contribution in [3.05, 3.63) is 54.2 Å². The van der Waals surface area contributed by atoms with Gasteiger partial charge in [-0.25, -0.2) is 0 Å². The van der Waals surface area contributed by atoms with Crippen LogP contribution in [0.5, 0.6) is 11.5 Å². The monoisotopic (exact) mass is 449 g/mol. The standard InChI is InChI=1S/C23H23N5O3S/c1-3-28-12-17(16-6-4-5-7-18(16)28)22-25-26-23(27(22)2)32-13-21(29)24-11-15-8-9-19-20(10-15)31-14-30-19/h4-10,12H,3,11,13-14H2,1-2H3,(H,24,29). The number of aromatic nitrogens is 4. The highest BCUT2D eigenvalue weighted by atomic mass is 32.2. The maximum atomic E-state index is 12.4. The molecule has 1 aliphatic rings. The van der Waals surface area contributed by atoms with Gasteiger partial charge in [0.2, 0.25) is 12.7 Å². The Bertz CT molecular complexity index is 1300. The Morgan fingerprint density at radius 3 is 2.88 bits per heavy atom. The molecule has 32 heavy (non-hydrogen) atoms. The number of rotatable bonds is 7. The van der Waals surface area contributed by atoms with Crippen LogP contribution in [-0.2, 0) is 24.9 Å². The Hall–Kier alpha value is -3.46. The number of amides is 1. The highest BCUT2D eigenvalue weighted by molar-refractivity contribution is 7.99. The summed E-state index contributed by atoms with van der Waals surface area (Å²) in [5.74, 6) is 2.42. The zero-order valence-corrected chi connectivity index (χ0v) is 18.7. The molecular formula is C23H23N5O3S. The van der Waals surface area contributed by atoms with Gasteiger partial charge >= 0.3 is 0 Å². The van der Waals surface area contributed by atoms with Crippen molar-refractivity contribution >= 4 is 28.6 Å². The number of benzene rings is 2. The summed E-state index contributed by atoms with van der Waals surface area (Å²) in [6.07, 6.45) is 2.11. The van der Waals surface area contributed by atoms with Crippen LogP contribution in [0.25, 0.3) is 22.3 Å². The second-order valence-corrected chi connectivity index (χ2v) is 8.41. The zero-order valence-electron chi connectivity index (χ0n) is 17.9. The van der Waals surface area contributed by atoms with Gasteiger partial charge in [0.15, 0.2) is 22.5 Å². The highest BCUT2D eigenvalue weighted by Gasteiger charge is 2.18. The number of hydrogen-bond donors (Lipinski definition) is 1. The van der Waals surface area contributed by atoms with Crippen molar-refractivity contribution in [1.82, 2.24) is 24.6 Å². The van der Waals surface area contributed by atoms with E-state index in [1.165, 1.54) is 17.3 Å². The van der Waals surface area contributed by atoms with Crippen molar-refractivity contribution in [2.24, 2.45) is 7.05 Å². The van der Waals surface area contributed by atoms with Gasteiger partial charge in [0, 0.05) is 42.8 Å². The topological polar surface area (TPSA) is 83.2 Å². The molecule has 0 bridgehead atoms. The van der Waals surface area contributed by atoms with Crippen molar-refractivity contribution in [2.75, 3.05) is 12.5 Å². The molecule has 0 unspecified atom stereocenters. The van der Waals surface area contributed by atoms with Crippen molar-refractivity contribution < 1.29 is 14.3 Å². The minimum Gasteiger partial charge on any atom is -0.454 e. The molecule has 0 aliphatic carbocycles. The smallest absolute Gasteiger partial charge is 0.231 e. The van der Waals surface area contributed by atoms with E-state index in [0.717, 1.165) is 34.6 Å². The Kier molecular flexibility index (Phi) is 5.48. The fourth-order valence-electron chi connectivity index (χ4n) is 3.79. The molecule has 1 aliphatic heterocycles. The molecule has 4 aromatic rings. The fraction of sp³-hybridized carbons (Fsp3) is 0.261. The Labute approximate surface area is 189 Å². The van der Waals surface area contributed by atoms with Crippen LogP contribution in [0.4, 0.5) is 0 Å². The number of ether oxygens (including phenoxy) is 2. The molecule has 8 nitrogen and oxygen atoms in total. The van der Waals surface area contributed by atoms with Crippen LogP contribution in [0.2, 0.25) is 0 Å². The summed E-state index contributed by atoms with van der Waals surface area (Å²) in [5.41, 5.74) is 3.17. The summed E-state index contributed by atoms with van der Waals surface area (Å²) >= 11 is 1.37. The number of thioether (sulfide) groups is 1. The van der Waals surface area contributed by atoms with Gasteiger partial charge in [-0.2, -0.15) is 0 Å². The van der Waals surface area contributed by atoms with Gasteiger partial charge < -0.3 is 23.9 Å². The molecule has 5 rings (SSSR count). The Morgan fingerprint density at radius 2 is 2.00 bits per heavy atom. The first-order valence-corrected chi connectivity index (χ1v) is 11.4. The average molecular weight is 450 g/mol. The lowest BCUT2D eigenvalue weighted by molar-refractivity contribution is -0.118. The maximum absolute atomic E-state index is 12.4. The highest BCUT2D eigenvalue weighted by Crippen LogP contribution is 2.33. The van der Waals surface area contributed by atoms with E-state index in [0.29, 0.717) is 17.5 Å². The number of carbonyl (C=O) groups excluding carboxylic acids is 1. The second kappa shape index (κ2) is 8.58. The summed E-state index contributed by atoms with van der Waals surface area (Å²) in [7, 11) is 1.93. The van der Waals surface area contributed by atoms with E-state index >= 15 is 0 Å². The molecule has 1 amide bonds. The minimum atomic E-state index is -0.0696. The van der Waals surface area contributed by atoms with E-state index in [4.69, 9.17) is 9.47 Å². The SMILES string of the molecule is CCn1cc(-c2nnc(SCC(=O)NCc3ccc4c(c3)OCO4)n2C)c2ccccc21. The van der Waals surface area contributed by atoms with E-state index in [9.17, 15) is 4.79 Å². The van der Waals surface area contributed by atoms with E-state index in [2.05, 4.69) is 45.3 Å². The molecule has 0 spiro atoms. The minimum absolute atomic E-state index is 0.0696. The first-order chi connectivity index (χ1) is 15.6. The first kappa shape index (κ1) is 20.4. The van der Waals surface area contributed by atoms with Crippen molar-refractivity contribution in [3.8, 4) is 22.9 Å². The van der Waals surface area contributed by atoms with Crippen LogP contribution in [0.1, 0.15) is 12.5 Å². The second-order valence-electron chi connectivity index (χ2n) is 7.46. The molecule has 0 fully saturated rings.